The molecule has 0 aliphatic heterocycles. The van der Waals surface area contributed by atoms with E-state index in [4.69, 9.17) is 9.47 Å². The highest BCUT2D eigenvalue weighted by molar-refractivity contribution is 6.01. The maximum Gasteiger partial charge on any atom is 0.249 e. The number of rotatable bonds is 15. The van der Waals surface area contributed by atoms with Gasteiger partial charge in [0.1, 0.15) is 23.6 Å². The fourth-order valence-corrected chi connectivity index (χ4v) is 5.42. The van der Waals surface area contributed by atoms with Gasteiger partial charge in [-0.05, 0) is 66.6 Å². The van der Waals surface area contributed by atoms with Crippen LogP contribution in [0.15, 0.2) is 121 Å². The summed E-state index contributed by atoms with van der Waals surface area (Å²) in [6, 6.07) is 31.2. The van der Waals surface area contributed by atoms with Gasteiger partial charge in [-0.15, -0.1) is 0 Å². The summed E-state index contributed by atoms with van der Waals surface area (Å²) in [5.74, 6) is -0.207. The van der Waals surface area contributed by atoms with E-state index in [9.17, 15) is 19.2 Å². The molecule has 0 saturated heterocycles. The molecule has 4 aromatic rings. The molecule has 0 aromatic heterocycles. The second kappa shape index (κ2) is 18.0. The number of hydrogen-bond acceptors (Lipinski definition) is 6. The molecule has 0 heterocycles. The molecule has 50 heavy (non-hydrogen) atoms. The van der Waals surface area contributed by atoms with Crippen LogP contribution in [0.2, 0.25) is 0 Å². The Morgan fingerprint density at radius 1 is 0.620 bits per heavy atom. The van der Waals surface area contributed by atoms with Gasteiger partial charge in [0.25, 0.3) is 0 Å². The van der Waals surface area contributed by atoms with E-state index < -0.39 is 23.9 Å². The average Bonchev–Trinajstić information content (AvgIpc) is 3.13. The standard InChI is InChI=1S/C40H44N4O6/c1-28(24-37(45)41-35(26-29-12-8-6-9-13-29)39(47)43(2)31-16-20-33(49-4)21-17-31)25-38(46)42-36(27-30-14-10-7-11-15-30)40(48)44(3)32-18-22-34(50-5)23-19-32/h6-24,35-36H,25-27H2,1-5H3,(H,41,45)(H,42,46)/b28-24+/t35-,36-/m0/s1. The topological polar surface area (TPSA) is 117 Å². The summed E-state index contributed by atoms with van der Waals surface area (Å²) in [6.07, 6.45) is 1.74. The first-order chi connectivity index (χ1) is 24.1. The Labute approximate surface area is 293 Å². The Bertz CT molecular complexity index is 1760. The lowest BCUT2D eigenvalue weighted by atomic mass is 10.0. The van der Waals surface area contributed by atoms with Crippen molar-refractivity contribution in [3.05, 3.63) is 132 Å². The number of nitrogens with one attached hydrogen (secondary N) is 2. The van der Waals surface area contributed by atoms with Crippen LogP contribution in [0.4, 0.5) is 11.4 Å². The maximum atomic E-state index is 13.7. The number of carbonyl (C=O) groups is 4. The first kappa shape index (κ1) is 36.9. The minimum absolute atomic E-state index is 0.124. The molecule has 0 saturated carbocycles. The number of likely N-dealkylation sites (N-methyl/N-ethyl adjacent to an activating group) is 2. The van der Waals surface area contributed by atoms with Crippen molar-refractivity contribution < 1.29 is 28.7 Å². The molecule has 0 unspecified atom stereocenters. The molecule has 0 spiro atoms. The van der Waals surface area contributed by atoms with Gasteiger partial charge >= 0.3 is 0 Å². The lowest BCUT2D eigenvalue weighted by Gasteiger charge is -2.25. The zero-order chi connectivity index (χ0) is 36.0. The lowest BCUT2D eigenvalue weighted by Crippen LogP contribution is -2.49. The van der Waals surface area contributed by atoms with Crippen LogP contribution in [-0.4, -0.2) is 64.0 Å². The van der Waals surface area contributed by atoms with Crippen molar-refractivity contribution in [1.82, 2.24) is 10.6 Å². The van der Waals surface area contributed by atoms with Crippen molar-refractivity contribution in [3.8, 4) is 11.5 Å². The first-order valence-corrected chi connectivity index (χ1v) is 16.3. The predicted molar refractivity (Wildman–Crippen MR) is 195 cm³/mol. The fourth-order valence-electron chi connectivity index (χ4n) is 5.42. The molecule has 0 fully saturated rings. The fraction of sp³-hybridized carbons (Fsp3) is 0.250. The second-order valence-corrected chi connectivity index (χ2v) is 11.9. The van der Waals surface area contributed by atoms with Crippen molar-refractivity contribution in [2.75, 3.05) is 38.1 Å². The third kappa shape index (κ3) is 10.6. The van der Waals surface area contributed by atoms with E-state index in [1.807, 2.05) is 60.7 Å². The average molecular weight is 677 g/mol. The zero-order valence-electron chi connectivity index (χ0n) is 29.1. The van der Waals surface area contributed by atoms with E-state index in [-0.39, 0.29) is 31.1 Å². The summed E-state index contributed by atoms with van der Waals surface area (Å²) in [5.41, 5.74) is 3.51. The molecule has 0 aliphatic rings. The first-order valence-electron chi connectivity index (χ1n) is 16.3. The van der Waals surface area contributed by atoms with Gasteiger partial charge in [0.2, 0.25) is 23.6 Å². The summed E-state index contributed by atoms with van der Waals surface area (Å²) in [5, 5.41) is 5.72. The van der Waals surface area contributed by atoms with Gasteiger partial charge in [-0.2, -0.15) is 0 Å². The highest BCUT2D eigenvalue weighted by Crippen LogP contribution is 2.21. The van der Waals surface area contributed by atoms with Gasteiger partial charge in [0.05, 0.1) is 14.2 Å². The van der Waals surface area contributed by atoms with Gasteiger partial charge in [-0.1, -0.05) is 66.2 Å². The molecular formula is C40H44N4O6. The lowest BCUT2D eigenvalue weighted by molar-refractivity contribution is -0.127. The van der Waals surface area contributed by atoms with Crippen LogP contribution in [0, 0.1) is 0 Å². The molecule has 4 amide bonds. The molecule has 260 valence electrons. The molecule has 10 nitrogen and oxygen atoms in total. The van der Waals surface area contributed by atoms with Crippen LogP contribution in [-0.2, 0) is 32.0 Å². The minimum atomic E-state index is -0.878. The van der Waals surface area contributed by atoms with E-state index in [2.05, 4.69) is 10.6 Å². The van der Waals surface area contributed by atoms with Gasteiger partial charge in [0, 0.05) is 50.8 Å². The Morgan fingerprint density at radius 3 is 1.42 bits per heavy atom. The summed E-state index contributed by atoms with van der Waals surface area (Å²) in [7, 11) is 6.45. The Kier molecular flexibility index (Phi) is 13.3. The largest absolute Gasteiger partial charge is 0.497 e. The van der Waals surface area contributed by atoms with E-state index in [0.29, 0.717) is 28.4 Å². The minimum Gasteiger partial charge on any atom is -0.497 e. The Morgan fingerprint density at radius 2 is 1.02 bits per heavy atom. The number of nitrogens with zero attached hydrogens (tertiary/aromatic N) is 2. The van der Waals surface area contributed by atoms with E-state index in [0.717, 1.165) is 11.1 Å². The highest BCUT2D eigenvalue weighted by Gasteiger charge is 2.27. The molecule has 2 atom stereocenters. The van der Waals surface area contributed by atoms with Gasteiger partial charge in [-0.3, -0.25) is 19.2 Å². The number of benzene rings is 4. The number of ether oxygens (including phenoxy) is 2. The summed E-state index contributed by atoms with van der Waals surface area (Å²) >= 11 is 0. The van der Waals surface area contributed by atoms with Crippen LogP contribution >= 0.6 is 0 Å². The third-order valence-corrected chi connectivity index (χ3v) is 8.21. The highest BCUT2D eigenvalue weighted by atomic mass is 16.5. The molecule has 0 radical (unpaired) electrons. The molecule has 10 heteroatoms. The van der Waals surface area contributed by atoms with E-state index in [1.165, 1.54) is 15.9 Å². The third-order valence-electron chi connectivity index (χ3n) is 8.21. The molecule has 0 bridgehead atoms. The predicted octanol–water partition coefficient (Wildman–Crippen LogP) is 5.12. The Hall–Kier alpha value is -5.90. The van der Waals surface area contributed by atoms with Crippen molar-refractivity contribution in [2.24, 2.45) is 0 Å². The van der Waals surface area contributed by atoms with Crippen LogP contribution in [0.5, 0.6) is 11.5 Å². The SMILES string of the molecule is COc1ccc(N(C)C(=O)[C@H](Cc2ccccc2)NC(=O)/C=C(\C)CC(=O)N[C@@H](Cc2ccccc2)C(=O)N(C)c2ccc(OC)cc2)cc1. The zero-order valence-corrected chi connectivity index (χ0v) is 29.1. The smallest absolute Gasteiger partial charge is 0.249 e. The Balaban J connectivity index is 1.46. The number of amides is 4. The van der Waals surface area contributed by atoms with Gasteiger partial charge < -0.3 is 29.9 Å². The molecule has 4 rings (SSSR count). The maximum absolute atomic E-state index is 13.7. The summed E-state index contributed by atoms with van der Waals surface area (Å²) in [6.45, 7) is 1.66. The van der Waals surface area contributed by atoms with Crippen molar-refractivity contribution >= 4 is 35.0 Å². The van der Waals surface area contributed by atoms with Crippen LogP contribution in [0.3, 0.4) is 0 Å². The van der Waals surface area contributed by atoms with Crippen molar-refractivity contribution in [1.29, 1.82) is 0 Å². The van der Waals surface area contributed by atoms with Gasteiger partial charge in [-0.25, -0.2) is 0 Å². The summed E-state index contributed by atoms with van der Waals surface area (Å²) in [4.78, 5) is 56.9. The van der Waals surface area contributed by atoms with E-state index >= 15 is 0 Å². The molecule has 0 aliphatic carbocycles. The summed E-state index contributed by atoms with van der Waals surface area (Å²) < 4.78 is 10.5. The monoisotopic (exact) mass is 676 g/mol. The van der Waals surface area contributed by atoms with E-state index in [1.54, 1.807) is 83.8 Å². The molecule has 2 N–H and O–H groups in total. The normalized spacial score (nSPS) is 12.2. The number of methoxy groups -OCH3 is 2. The van der Waals surface area contributed by atoms with Gasteiger partial charge in [0.15, 0.2) is 0 Å². The quantitative estimate of drug-likeness (QED) is 0.169. The molecule has 4 aromatic carbocycles. The molecular weight excluding hydrogens is 632 g/mol. The van der Waals surface area contributed by atoms with Crippen molar-refractivity contribution in [2.45, 2.75) is 38.3 Å². The van der Waals surface area contributed by atoms with Crippen molar-refractivity contribution in [3.63, 3.8) is 0 Å². The number of carbonyl (C=O) groups excluding carboxylic acids is 4. The number of anilines is 2. The number of hydrogen-bond donors (Lipinski definition) is 2. The van der Waals surface area contributed by atoms with Crippen LogP contribution in [0.25, 0.3) is 0 Å². The second-order valence-electron chi connectivity index (χ2n) is 11.9. The van der Waals surface area contributed by atoms with Crippen LogP contribution < -0.4 is 29.9 Å². The van der Waals surface area contributed by atoms with Crippen LogP contribution in [0.1, 0.15) is 24.5 Å².